The highest BCUT2D eigenvalue weighted by Gasteiger charge is 2.13. The van der Waals surface area contributed by atoms with E-state index in [1.165, 1.54) is 0 Å². The van der Waals surface area contributed by atoms with Crippen molar-refractivity contribution in [2.75, 3.05) is 6.54 Å². The van der Waals surface area contributed by atoms with Crippen molar-refractivity contribution in [1.29, 1.82) is 0 Å². The molecule has 0 unspecified atom stereocenters. The number of pyridine rings is 1. The fraction of sp³-hybridized carbons (Fsp3) is 0.333. The van der Waals surface area contributed by atoms with Crippen molar-refractivity contribution in [3.63, 3.8) is 0 Å². The molecule has 4 heteroatoms. The minimum atomic E-state index is 0.857. The van der Waals surface area contributed by atoms with Gasteiger partial charge in [-0.05, 0) is 12.1 Å². The number of imidazole rings is 1. The van der Waals surface area contributed by atoms with Gasteiger partial charge in [0.2, 0.25) is 0 Å². The second-order valence-electron chi connectivity index (χ2n) is 3.20. The van der Waals surface area contributed by atoms with E-state index in [1.54, 1.807) is 6.20 Å². The van der Waals surface area contributed by atoms with Gasteiger partial charge in [0.15, 0.2) is 5.65 Å². The average Bonchev–Trinajstić information content (AvgIpc) is 2.56. The first-order valence-corrected chi connectivity index (χ1v) is 4.46. The molecule has 0 radical (unpaired) electrons. The highest BCUT2D eigenvalue weighted by Crippen LogP contribution is 2.14. The first-order valence-electron chi connectivity index (χ1n) is 4.46. The Bertz CT molecular complexity index is 446. The monoisotopic (exact) mass is 174 g/mol. The van der Waals surface area contributed by atoms with Gasteiger partial charge in [0.25, 0.3) is 0 Å². The van der Waals surface area contributed by atoms with Crippen LogP contribution < -0.4 is 5.32 Å². The highest BCUT2D eigenvalue weighted by atomic mass is 15.2. The minimum absolute atomic E-state index is 0.857. The predicted octanol–water partition coefficient (Wildman–Crippen LogP) is 0.534. The van der Waals surface area contributed by atoms with Crippen LogP contribution in [0.25, 0.3) is 11.2 Å². The molecule has 0 atom stereocenters. The van der Waals surface area contributed by atoms with Crippen LogP contribution in [0.2, 0.25) is 0 Å². The molecule has 2 aromatic rings. The summed E-state index contributed by atoms with van der Waals surface area (Å²) in [6.45, 7) is 2.88. The summed E-state index contributed by atoms with van der Waals surface area (Å²) in [5, 5.41) is 3.29. The van der Waals surface area contributed by atoms with Crippen molar-refractivity contribution < 1.29 is 0 Å². The lowest BCUT2D eigenvalue weighted by molar-refractivity contribution is 0.514. The zero-order valence-electron chi connectivity index (χ0n) is 7.20. The summed E-state index contributed by atoms with van der Waals surface area (Å²) in [7, 11) is 0. The molecule has 3 rings (SSSR count). The van der Waals surface area contributed by atoms with Gasteiger partial charge in [0, 0.05) is 19.3 Å². The number of aromatic nitrogens is 3. The maximum absolute atomic E-state index is 4.44. The molecule has 0 aromatic carbocycles. The fourth-order valence-corrected chi connectivity index (χ4v) is 1.78. The molecular formula is C9H10N4. The first kappa shape index (κ1) is 7.03. The van der Waals surface area contributed by atoms with Crippen LogP contribution in [0.5, 0.6) is 0 Å². The second kappa shape index (κ2) is 2.53. The van der Waals surface area contributed by atoms with E-state index >= 15 is 0 Å². The molecule has 2 aromatic heterocycles. The zero-order chi connectivity index (χ0) is 8.67. The van der Waals surface area contributed by atoms with Gasteiger partial charge < -0.3 is 9.88 Å². The summed E-state index contributed by atoms with van der Waals surface area (Å²) in [6, 6.07) is 4.03. The summed E-state index contributed by atoms with van der Waals surface area (Å²) in [6.07, 6.45) is 1.79. The number of hydrogen-bond acceptors (Lipinski definition) is 3. The van der Waals surface area contributed by atoms with Gasteiger partial charge >= 0.3 is 0 Å². The van der Waals surface area contributed by atoms with E-state index in [1.807, 2.05) is 6.07 Å². The van der Waals surface area contributed by atoms with Crippen LogP contribution in [0.4, 0.5) is 0 Å². The Labute approximate surface area is 75.6 Å². The lowest BCUT2D eigenvalue weighted by Gasteiger charge is -2.14. The van der Waals surface area contributed by atoms with Crippen molar-refractivity contribution in [3.05, 3.63) is 24.2 Å². The molecule has 66 valence electrons. The number of nitrogens with one attached hydrogen (secondary N) is 1. The zero-order valence-corrected chi connectivity index (χ0v) is 7.20. The van der Waals surface area contributed by atoms with E-state index in [2.05, 4.69) is 25.9 Å². The van der Waals surface area contributed by atoms with Crippen LogP contribution in [0.15, 0.2) is 18.3 Å². The van der Waals surface area contributed by atoms with Gasteiger partial charge in [-0.15, -0.1) is 0 Å². The number of hydrogen-bond donors (Lipinski definition) is 1. The van der Waals surface area contributed by atoms with Crippen LogP contribution >= 0.6 is 0 Å². The van der Waals surface area contributed by atoms with Gasteiger partial charge in [-0.3, -0.25) is 0 Å². The topological polar surface area (TPSA) is 42.7 Å². The van der Waals surface area contributed by atoms with Gasteiger partial charge in [-0.25, -0.2) is 9.97 Å². The Hall–Kier alpha value is -1.42. The molecular weight excluding hydrogens is 164 g/mol. The molecule has 1 aliphatic rings. The molecule has 0 amide bonds. The molecule has 0 saturated carbocycles. The van der Waals surface area contributed by atoms with Crippen LogP contribution in [-0.4, -0.2) is 21.1 Å². The molecule has 0 spiro atoms. The molecule has 13 heavy (non-hydrogen) atoms. The average molecular weight is 174 g/mol. The third-order valence-electron chi connectivity index (χ3n) is 2.40. The van der Waals surface area contributed by atoms with Crippen molar-refractivity contribution in [1.82, 2.24) is 19.9 Å². The van der Waals surface area contributed by atoms with Gasteiger partial charge in [-0.2, -0.15) is 0 Å². The second-order valence-corrected chi connectivity index (χ2v) is 3.20. The van der Waals surface area contributed by atoms with Crippen molar-refractivity contribution >= 4 is 11.2 Å². The lowest BCUT2D eigenvalue weighted by Crippen LogP contribution is -2.28. The van der Waals surface area contributed by atoms with E-state index in [9.17, 15) is 0 Å². The molecule has 1 aliphatic heterocycles. The molecule has 0 aliphatic carbocycles. The van der Waals surface area contributed by atoms with Crippen molar-refractivity contribution in [2.24, 2.45) is 0 Å². The fourth-order valence-electron chi connectivity index (χ4n) is 1.78. The van der Waals surface area contributed by atoms with Crippen molar-refractivity contribution in [3.8, 4) is 0 Å². The molecule has 0 bridgehead atoms. The maximum atomic E-state index is 4.44. The van der Waals surface area contributed by atoms with E-state index in [4.69, 9.17) is 0 Å². The van der Waals surface area contributed by atoms with E-state index < -0.39 is 0 Å². The lowest BCUT2D eigenvalue weighted by atomic mass is 10.4. The summed E-state index contributed by atoms with van der Waals surface area (Å²) >= 11 is 0. The summed E-state index contributed by atoms with van der Waals surface area (Å²) < 4.78 is 2.23. The van der Waals surface area contributed by atoms with Gasteiger partial charge in [0.05, 0.1) is 12.1 Å². The quantitative estimate of drug-likeness (QED) is 0.633. The standard InChI is InChI=1S/C9H10N4/c1-2-7-9(11-3-1)12-8-6-10-4-5-13(7)8/h1-3,10H,4-6H2. The van der Waals surface area contributed by atoms with Gasteiger partial charge in [-0.1, -0.05) is 0 Å². The Morgan fingerprint density at radius 2 is 2.46 bits per heavy atom. The summed E-state index contributed by atoms with van der Waals surface area (Å²) in [4.78, 5) is 8.67. The molecule has 0 saturated heterocycles. The minimum Gasteiger partial charge on any atom is -0.324 e. The number of fused-ring (bicyclic) bond motifs is 3. The summed E-state index contributed by atoms with van der Waals surface area (Å²) in [5.41, 5.74) is 2.01. The Balaban J connectivity index is 2.34. The molecule has 1 N–H and O–H groups in total. The Morgan fingerprint density at radius 1 is 1.46 bits per heavy atom. The van der Waals surface area contributed by atoms with E-state index in [0.29, 0.717) is 0 Å². The third-order valence-corrected chi connectivity index (χ3v) is 2.40. The normalized spacial score (nSPS) is 16.0. The van der Waals surface area contributed by atoms with Crippen LogP contribution in [0.1, 0.15) is 5.82 Å². The van der Waals surface area contributed by atoms with Crippen molar-refractivity contribution in [2.45, 2.75) is 13.1 Å². The highest BCUT2D eigenvalue weighted by molar-refractivity contribution is 5.71. The summed E-state index contributed by atoms with van der Waals surface area (Å²) in [5.74, 6) is 1.10. The smallest absolute Gasteiger partial charge is 0.177 e. The Kier molecular flexibility index (Phi) is 1.37. The van der Waals surface area contributed by atoms with E-state index in [0.717, 1.165) is 36.6 Å². The number of rotatable bonds is 0. The first-order chi connectivity index (χ1) is 6.45. The third kappa shape index (κ3) is 0.954. The Morgan fingerprint density at radius 3 is 3.46 bits per heavy atom. The predicted molar refractivity (Wildman–Crippen MR) is 49.2 cm³/mol. The van der Waals surface area contributed by atoms with Gasteiger partial charge in [0.1, 0.15) is 5.82 Å². The van der Waals surface area contributed by atoms with Crippen LogP contribution in [-0.2, 0) is 13.1 Å². The largest absolute Gasteiger partial charge is 0.324 e. The molecule has 3 heterocycles. The molecule has 4 nitrogen and oxygen atoms in total. The maximum Gasteiger partial charge on any atom is 0.177 e. The van der Waals surface area contributed by atoms with Crippen LogP contribution in [0, 0.1) is 0 Å². The SMILES string of the molecule is c1cnc2nc3n(c2c1)CCNC3. The van der Waals surface area contributed by atoms with E-state index in [-0.39, 0.29) is 0 Å². The van der Waals surface area contributed by atoms with Crippen LogP contribution in [0.3, 0.4) is 0 Å². The molecule has 0 fully saturated rings. The number of nitrogens with zero attached hydrogens (tertiary/aromatic N) is 3.